The smallest absolute Gasteiger partial charge is 0.396 e. The zero-order chi connectivity index (χ0) is 27.3. The molecular weight excluding hydrogens is 500 g/mol. The van der Waals surface area contributed by atoms with E-state index >= 15 is 0 Å². The molecule has 0 aromatic heterocycles. The van der Waals surface area contributed by atoms with E-state index < -0.39 is 47.8 Å². The van der Waals surface area contributed by atoms with Crippen LogP contribution in [0.5, 0.6) is 0 Å². The van der Waals surface area contributed by atoms with Gasteiger partial charge in [0.15, 0.2) is 0 Å². The molecule has 37 heavy (non-hydrogen) atoms. The summed E-state index contributed by atoms with van der Waals surface area (Å²) >= 11 is 0. The van der Waals surface area contributed by atoms with Crippen molar-refractivity contribution in [3.8, 4) is 0 Å². The maximum Gasteiger partial charge on any atom is 0.397 e. The molecule has 9 nitrogen and oxygen atoms in total. The molecule has 4 aliphatic rings. The van der Waals surface area contributed by atoms with E-state index in [1.165, 1.54) is 0 Å². The molecule has 13 atom stereocenters. The van der Waals surface area contributed by atoms with Crippen molar-refractivity contribution in [3.63, 3.8) is 0 Å². The van der Waals surface area contributed by atoms with Crippen molar-refractivity contribution in [1.29, 1.82) is 0 Å². The van der Waals surface area contributed by atoms with Crippen LogP contribution in [0.3, 0.4) is 0 Å². The Hall–Kier alpha value is -0.330. The Morgan fingerprint density at radius 2 is 1.70 bits per heavy atom. The molecule has 4 fully saturated rings. The van der Waals surface area contributed by atoms with E-state index in [1.54, 1.807) is 0 Å². The highest BCUT2D eigenvalue weighted by molar-refractivity contribution is 7.80. The molecule has 0 aromatic carbocycles. The van der Waals surface area contributed by atoms with Gasteiger partial charge in [0.2, 0.25) is 0 Å². The van der Waals surface area contributed by atoms with Crippen molar-refractivity contribution in [2.75, 3.05) is 13.2 Å². The number of aliphatic hydroxyl groups excluding tert-OH is 5. The summed E-state index contributed by atoms with van der Waals surface area (Å²) in [4.78, 5) is 0. The lowest BCUT2D eigenvalue weighted by Gasteiger charge is -2.63. The SMILES string of the molecule is C[C@H](CC[C@H](O)C(CO)COS(=O)(=O)O)[C@H]1CCC2C3C(CC(O)[C@@]21C)[C@@]1(C)CC[C@@H](O)CC1C[C@H]3O. The second-order valence-electron chi connectivity index (χ2n) is 13.3. The summed E-state index contributed by atoms with van der Waals surface area (Å²) in [6.07, 6.45) is 4.54. The van der Waals surface area contributed by atoms with Crippen LogP contribution in [0.2, 0.25) is 0 Å². The van der Waals surface area contributed by atoms with Crippen LogP contribution >= 0.6 is 0 Å². The van der Waals surface area contributed by atoms with Gasteiger partial charge in [0.1, 0.15) is 0 Å². The molecule has 4 aliphatic carbocycles. The number of hydrogen-bond donors (Lipinski definition) is 6. The minimum atomic E-state index is -4.65. The average Bonchev–Trinajstić information content (AvgIpc) is 3.17. The monoisotopic (exact) mass is 548 g/mol. The van der Waals surface area contributed by atoms with Crippen molar-refractivity contribution >= 4 is 10.4 Å². The minimum absolute atomic E-state index is 0.0304. The van der Waals surface area contributed by atoms with Gasteiger partial charge in [-0.3, -0.25) is 4.55 Å². The van der Waals surface area contributed by atoms with E-state index in [-0.39, 0.29) is 52.4 Å². The molecule has 0 radical (unpaired) electrons. The van der Waals surface area contributed by atoms with Crippen LogP contribution in [-0.4, -0.2) is 76.1 Å². The summed E-state index contributed by atoms with van der Waals surface area (Å²) in [7, 11) is -4.65. The van der Waals surface area contributed by atoms with E-state index in [1.807, 2.05) is 0 Å². The van der Waals surface area contributed by atoms with Crippen LogP contribution in [0.1, 0.15) is 78.6 Å². The number of aliphatic hydroxyl groups is 5. The van der Waals surface area contributed by atoms with Gasteiger partial charge in [-0.25, -0.2) is 4.18 Å². The molecule has 10 heteroatoms. The van der Waals surface area contributed by atoms with Crippen molar-refractivity contribution in [3.05, 3.63) is 0 Å². The first kappa shape index (κ1) is 29.6. The lowest BCUT2D eigenvalue weighted by Crippen LogP contribution is -2.62. The van der Waals surface area contributed by atoms with Gasteiger partial charge in [-0.15, -0.1) is 0 Å². The zero-order valence-electron chi connectivity index (χ0n) is 22.4. The van der Waals surface area contributed by atoms with Gasteiger partial charge in [0.25, 0.3) is 0 Å². The topological polar surface area (TPSA) is 165 Å². The van der Waals surface area contributed by atoms with Gasteiger partial charge in [-0.05, 0) is 104 Å². The van der Waals surface area contributed by atoms with Crippen molar-refractivity contribution in [2.24, 2.45) is 52.3 Å². The summed E-state index contributed by atoms with van der Waals surface area (Å²) in [5, 5.41) is 53.5. The highest BCUT2D eigenvalue weighted by Gasteiger charge is 2.65. The van der Waals surface area contributed by atoms with Gasteiger partial charge in [-0.2, -0.15) is 8.42 Å². The molecule has 0 heterocycles. The fourth-order valence-electron chi connectivity index (χ4n) is 9.46. The predicted octanol–water partition coefficient (Wildman–Crippen LogP) is 2.15. The van der Waals surface area contributed by atoms with Crippen LogP contribution in [0.25, 0.3) is 0 Å². The quantitative estimate of drug-likeness (QED) is 0.237. The summed E-state index contributed by atoms with van der Waals surface area (Å²) in [5.74, 6) is 0.439. The molecule has 6 unspecified atom stereocenters. The molecule has 4 saturated carbocycles. The van der Waals surface area contributed by atoms with Crippen LogP contribution in [0.15, 0.2) is 0 Å². The van der Waals surface area contributed by atoms with Crippen molar-refractivity contribution in [1.82, 2.24) is 0 Å². The second-order valence-corrected chi connectivity index (χ2v) is 14.4. The Labute approximate surface area is 221 Å². The van der Waals surface area contributed by atoms with E-state index in [0.717, 1.165) is 38.5 Å². The maximum absolute atomic E-state index is 11.7. The Morgan fingerprint density at radius 3 is 2.35 bits per heavy atom. The summed E-state index contributed by atoms with van der Waals surface area (Å²) in [6, 6.07) is 0. The zero-order valence-corrected chi connectivity index (χ0v) is 23.3. The average molecular weight is 549 g/mol. The number of hydrogen-bond acceptors (Lipinski definition) is 8. The molecule has 0 amide bonds. The number of fused-ring (bicyclic) bond motifs is 5. The Morgan fingerprint density at radius 1 is 1.00 bits per heavy atom. The fourth-order valence-corrected chi connectivity index (χ4v) is 9.81. The van der Waals surface area contributed by atoms with Crippen LogP contribution in [0.4, 0.5) is 0 Å². The van der Waals surface area contributed by atoms with Gasteiger partial charge in [0, 0.05) is 5.92 Å². The van der Waals surface area contributed by atoms with Crippen molar-refractivity contribution in [2.45, 2.75) is 103 Å². The van der Waals surface area contributed by atoms with Crippen LogP contribution in [0, 0.1) is 52.3 Å². The number of rotatable bonds is 9. The normalized spacial score (nSPS) is 46.4. The maximum atomic E-state index is 11.7. The Balaban J connectivity index is 1.45. The summed E-state index contributed by atoms with van der Waals surface area (Å²) in [6.45, 7) is 5.67. The molecule has 4 rings (SSSR count). The third kappa shape index (κ3) is 5.51. The summed E-state index contributed by atoms with van der Waals surface area (Å²) in [5.41, 5.74) is -0.309. The molecule has 0 bridgehead atoms. The first-order valence-corrected chi connectivity index (χ1v) is 15.5. The lowest BCUT2D eigenvalue weighted by atomic mass is 9.43. The first-order valence-electron chi connectivity index (χ1n) is 14.2. The second kappa shape index (κ2) is 10.9. The van der Waals surface area contributed by atoms with Gasteiger partial charge < -0.3 is 25.5 Å². The third-order valence-electron chi connectivity index (χ3n) is 11.6. The molecule has 0 saturated heterocycles. The van der Waals surface area contributed by atoms with Gasteiger partial charge >= 0.3 is 10.4 Å². The Bertz CT molecular complexity index is 898. The minimum Gasteiger partial charge on any atom is -0.396 e. The fraction of sp³-hybridized carbons (Fsp3) is 1.00. The van der Waals surface area contributed by atoms with Gasteiger partial charge in [0.05, 0.1) is 37.6 Å². The highest BCUT2D eigenvalue weighted by atomic mass is 32.3. The van der Waals surface area contributed by atoms with E-state index in [9.17, 15) is 34.0 Å². The molecule has 0 spiro atoms. The standard InChI is InChI=1S/C27H48O9S/c1-15(4-7-22(30)16(13-28)14-36-37(33,34)35)19-5-6-20-25-21(12-24(32)27(19,20)3)26(2)9-8-18(29)10-17(26)11-23(25)31/h15-25,28-32H,4-14H2,1-3H3,(H,33,34,35)/t15-,16?,17?,18-,19-,20?,21?,22+,23-,24?,25?,26+,27-/m1/s1. The van der Waals surface area contributed by atoms with E-state index in [0.29, 0.717) is 19.3 Å². The highest BCUT2D eigenvalue weighted by Crippen LogP contribution is 2.68. The largest absolute Gasteiger partial charge is 0.397 e. The molecule has 216 valence electrons. The molecule has 0 aliphatic heterocycles. The van der Waals surface area contributed by atoms with E-state index in [2.05, 4.69) is 25.0 Å². The van der Waals surface area contributed by atoms with Gasteiger partial charge in [-0.1, -0.05) is 20.8 Å². The third-order valence-corrected chi connectivity index (χ3v) is 12.1. The van der Waals surface area contributed by atoms with Crippen molar-refractivity contribution < 1.29 is 42.7 Å². The van der Waals surface area contributed by atoms with Crippen LogP contribution < -0.4 is 0 Å². The summed E-state index contributed by atoms with van der Waals surface area (Å²) < 4.78 is 34.9. The Kier molecular flexibility index (Phi) is 8.75. The molecular formula is C27H48O9S. The van der Waals surface area contributed by atoms with E-state index in [4.69, 9.17) is 4.55 Å². The first-order chi connectivity index (χ1) is 17.2. The predicted molar refractivity (Wildman–Crippen MR) is 136 cm³/mol. The lowest BCUT2D eigenvalue weighted by molar-refractivity contribution is -0.207. The molecule has 0 aromatic rings. The van der Waals surface area contributed by atoms with Crippen LogP contribution in [-0.2, 0) is 14.6 Å². The molecule has 6 N–H and O–H groups in total.